The third-order valence-electron chi connectivity index (χ3n) is 1.08. The maximum Gasteiger partial charge on any atom is 0.138 e. The second kappa shape index (κ2) is 3.31. The first-order chi connectivity index (χ1) is 3.62. The quantitative estimate of drug-likeness (QED) is 0.542. The molecule has 0 saturated heterocycles. The number of ether oxygens (including phenoxy) is 1. The summed E-state index contributed by atoms with van der Waals surface area (Å²) in [6.45, 7) is 6.50. The fourth-order valence-corrected chi connectivity index (χ4v) is 0.512. The molecule has 0 rings (SSSR count). The molecule has 1 unspecified atom stereocenters. The molecule has 0 aliphatic rings. The van der Waals surface area contributed by atoms with Crippen LogP contribution in [0.2, 0.25) is 0 Å². The number of alkyl halides is 1. The lowest BCUT2D eigenvalue weighted by atomic mass is 10.3. The Morgan fingerprint density at radius 3 is 2.12 bits per heavy atom. The Hall–Kier alpha value is 0.250. The number of hydrogen-bond donors (Lipinski definition) is 0. The number of halogens is 1. The van der Waals surface area contributed by atoms with Crippen LogP contribution in [-0.4, -0.2) is 11.7 Å². The number of hydrogen-bond acceptors (Lipinski definition) is 1. The molecule has 1 nitrogen and oxygen atoms in total. The predicted molar refractivity (Wildman–Crippen MR) is 36.2 cm³/mol. The van der Waals surface area contributed by atoms with Gasteiger partial charge in [-0.3, -0.25) is 0 Å². The van der Waals surface area contributed by atoms with Crippen LogP contribution in [0, 0.1) is 0 Å². The minimum Gasteiger partial charge on any atom is -0.360 e. The summed E-state index contributed by atoms with van der Waals surface area (Å²) in [5.41, 5.74) is 0. The highest BCUT2D eigenvalue weighted by molar-refractivity contribution is 6.22. The molecule has 0 fully saturated rings. The van der Waals surface area contributed by atoms with Crippen molar-refractivity contribution in [2.45, 2.75) is 32.3 Å². The van der Waals surface area contributed by atoms with Gasteiger partial charge in [-0.2, -0.15) is 0 Å². The van der Waals surface area contributed by atoms with E-state index in [-0.39, 0.29) is 0 Å². The van der Waals surface area contributed by atoms with Crippen LogP contribution in [0.1, 0.15) is 27.2 Å². The second-order valence-electron chi connectivity index (χ2n) is 1.89. The fourth-order valence-electron chi connectivity index (χ4n) is 0.403. The van der Waals surface area contributed by atoms with E-state index in [1.807, 2.05) is 20.8 Å². The lowest BCUT2D eigenvalue weighted by Crippen LogP contribution is -2.19. The fraction of sp³-hybridized carbons (Fsp3) is 1.00. The van der Waals surface area contributed by atoms with Crippen molar-refractivity contribution in [3.63, 3.8) is 0 Å². The van der Waals surface area contributed by atoms with Crippen molar-refractivity contribution < 1.29 is 4.74 Å². The summed E-state index contributed by atoms with van der Waals surface area (Å²) in [6.07, 6.45) is 0.850. The molecule has 0 radical (unpaired) electrons. The second-order valence-corrected chi connectivity index (χ2v) is 2.69. The Morgan fingerprint density at radius 2 is 2.00 bits per heavy atom. The van der Waals surface area contributed by atoms with Gasteiger partial charge in [0.2, 0.25) is 0 Å². The van der Waals surface area contributed by atoms with Crippen molar-refractivity contribution in [1.29, 1.82) is 0 Å². The van der Waals surface area contributed by atoms with Gasteiger partial charge < -0.3 is 4.74 Å². The van der Waals surface area contributed by atoms with E-state index in [9.17, 15) is 0 Å². The van der Waals surface area contributed by atoms with Gasteiger partial charge in [0, 0.05) is 6.61 Å². The first-order valence-corrected chi connectivity index (χ1v) is 3.33. The summed E-state index contributed by atoms with van der Waals surface area (Å²) in [4.78, 5) is 0. The zero-order chi connectivity index (χ0) is 6.62. The molecule has 0 aliphatic carbocycles. The van der Waals surface area contributed by atoms with E-state index in [4.69, 9.17) is 16.3 Å². The van der Waals surface area contributed by atoms with E-state index in [2.05, 4.69) is 0 Å². The van der Waals surface area contributed by atoms with Gasteiger partial charge in [0.1, 0.15) is 5.06 Å². The Balaban J connectivity index is 3.37. The van der Waals surface area contributed by atoms with Crippen LogP contribution in [0.4, 0.5) is 0 Å². The molecule has 0 aromatic carbocycles. The zero-order valence-electron chi connectivity index (χ0n) is 5.70. The number of rotatable bonds is 3. The monoisotopic (exact) mass is 136 g/mol. The summed E-state index contributed by atoms with van der Waals surface area (Å²) < 4.78 is 5.14. The van der Waals surface area contributed by atoms with E-state index in [0.717, 1.165) is 6.42 Å². The average molecular weight is 137 g/mol. The van der Waals surface area contributed by atoms with Crippen LogP contribution in [-0.2, 0) is 4.74 Å². The standard InChI is InChI=1S/C6H13ClO/c1-4-6(3,7)8-5-2/h4-5H2,1-3H3. The van der Waals surface area contributed by atoms with Crippen molar-refractivity contribution in [2.75, 3.05) is 6.61 Å². The molecule has 0 aromatic heterocycles. The van der Waals surface area contributed by atoms with Crippen molar-refractivity contribution in [3.05, 3.63) is 0 Å². The van der Waals surface area contributed by atoms with Gasteiger partial charge in [0.25, 0.3) is 0 Å². The molecule has 0 saturated carbocycles. The van der Waals surface area contributed by atoms with Gasteiger partial charge in [-0.1, -0.05) is 18.5 Å². The van der Waals surface area contributed by atoms with E-state index in [1.165, 1.54) is 0 Å². The molecule has 0 amide bonds. The summed E-state index contributed by atoms with van der Waals surface area (Å²) in [6, 6.07) is 0. The van der Waals surface area contributed by atoms with Crippen molar-refractivity contribution in [3.8, 4) is 0 Å². The van der Waals surface area contributed by atoms with Crippen molar-refractivity contribution >= 4 is 11.6 Å². The zero-order valence-corrected chi connectivity index (χ0v) is 6.46. The van der Waals surface area contributed by atoms with E-state index < -0.39 is 5.06 Å². The lowest BCUT2D eigenvalue weighted by molar-refractivity contribution is 0.0392. The Bertz CT molecular complexity index is 61.5. The van der Waals surface area contributed by atoms with Crippen molar-refractivity contribution in [2.24, 2.45) is 0 Å². The predicted octanol–water partition coefficient (Wildman–Crippen LogP) is 2.39. The molecule has 0 heterocycles. The molecular weight excluding hydrogens is 124 g/mol. The first kappa shape index (κ1) is 8.25. The van der Waals surface area contributed by atoms with Gasteiger partial charge in [-0.05, 0) is 20.3 Å². The van der Waals surface area contributed by atoms with Gasteiger partial charge in [0.15, 0.2) is 0 Å². The molecule has 50 valence electrons. The summed E-state index contributed by atoms with van der Waals surface area (Å²) in [5.74, 6) is 0. The SMILES string of the molecule is CCOC(C)(Cl)CC. The van der Waals surface area contributed by atoms with Crippen LogP contribution in [0.15, 0.2) is 0 Å². The first-order valence-electron chi connectivity index (χ1n) is 2.95. The maximum atomic E-state index is 5.80. The van der Waals surface area contributed by atoms with Crippen LogP contribution in [0.25, 0.3) is 0 Å². The maximum absolute atomic E-state index is 5.80. The van der Waals surface area contributed by atoms with Crippen LogP contribution in [0.5, 0.6) is 0 Å². The highest BCUT2D eigenvalue weighted by Crippen LogP contribution is 2.19. The molecule has 0 aromatic rings. The van der Waals surface area contributed by atoms with Crippen LogP contribution in [0.3, 0.4) is 0 Å². The molecule has 0 aliphatic heterocycles. The lowest BCUT2D eigenvalue weighted by Gasteiger charge is -2.18. The summed E-state index contributed by atoms with van der Waals surface area (Å²) in [5, 5.41) is -0.436. The smallest absolute Gasteiger partial charge is 0.138 e. The third kappa shape index (κ3) is 3.28. The molecule has 0 N–H and O–H groups in total. The van der Waals surface area contributed by atoms with Crippen LogP contribution < -0.4 is 0 Å². The largest absolute Gasteiger partial charge is 0.360 e. The minimum absolute atomic E-state index is 0.436. The van der Waals surface area contributed by atoms with Gasteiger partial charge in [0.05, 0.1) is 0 Å². The Labute approximate surface area is 56.0 Å². The normalized spacial score (nSPS) is 18.0. The molecule has 1 atom stereocenters. The third-order valence-corrected chi connectivity index (χ3v) is 1.45. The van der Waals surface area contributed by atoms with E-state index in [1.54, 1.807) is 0 Å². The average Bonchev–Trinajstić information content (AvgIpc) is 1.67. The minimum atomic E-state index is -0.436. The van der Waals surface area contributed by atoms with Crippen LogP contribution >= 0.6 is 11.6 Å². The van der Waals surface area contributed by atoms with Crippen molar-refractivity contribution in [1.82, 2.24) is 0 Å². The van der Waals surface area contributed by atoms with Gasteiger partial charge in [-0.25, -0.2) is 0 Å². The highest BCUT2D eigenvalue weighted by atomic mass is 35.5. The Kier molecular flexibility index (Phi) is 3.41. The molecule has 2 heteroatoms. The van der Waals surface area contributed by atoms with E-state index in [0.29, 0.717) is 6.61 Å². The Morgan fingerprint density at radius 1 is 1.50 bits per heavy atom. The summed E-state index contributed by atoms with van der Waals surface area (Å²) >= 11 is 5.80. The van der Waals surface area contributed by atoms with Gasteiger partial charge in [-0.15, -0.1) is 0 Å². The molecular formula is C6H13ClO. The summed E-state index contributed by atoms with van der Waals surface area (Å²) in [7, 11) is 0. The molecule has 0 bridgehead atoms. The molecule has 8 heavy (non-hydrogen) atoms. The van der Waals surface area contributed by atoms with Gasteiger partial charge >= 0.3 is 0 Å². The topological polar surface area (TPSA) is 9.23 Å². The highest BCUT2D eigenvalue weighted by Gasteiger charge is 2.16. The molecule has 0 spiro atoms. The van der Waals surface area contributed by atoms with E-state index >= 15 is 0 Å².